The molecule has 1 aromatic carbocycles. The molecule has 2 saturated heterocycles. The lowest BCUT2D eigenvalue weighted by Gasteiger charge is -2.27. The first-order valence-corrected chi connectivity index (χ1v) is 8.06. The molecule has 4 nitrogen and oxygen atoms in total. The van der Waals surface area contributed by atoms with E-state index < -0.39 is 0 Å². The van der Waals surface area contributed by atoms with Crippen molar-refractivity contribution < 1.29 is 4.42 Å². The van der Waals surface area contributed by atoms with Crippen molar-refractivity contribution >= 4 is 11.8 Å². The van der Waals surface area contributed by atoms with Crippen LogP contribution in [0, 0.1) is 0 Å². The van der Waals surface area contributed by atoms with Crippen LogP contribution in [0.15, 0.2) is 40.0 Å². The molecule has 0 amide bonds. The number of aromatic nitrogens is 2. The normalized spacial score (nSPS) is 28.7. The van der Waals surface area contributed by atoms with E-state index in [0.29, 0.717) is 28.4 Å². The zero-order valence-electron chi connectivity index (χ0n) is 11.2. The molecular formula is C15H17N3OS. The van der Waals surface area contributed by atoms with E-state index in [2.05, 4.69) is 15.5 Å². The number of hydrogen-bond donors (Lipinski definition) is 1. The van der Waals surface area contributed by atoms with Crippen molar-refractivity contribution in [3.8, 4) is 11.5 Å². The lowest BCUT2D eigenvalue weighted by atomic mass is 10.1. The molecule has 2 aliphatic rings. The summed E-state index contributed by atoms with van der Waals surface area (Å²) >= 11 is 1.75. The maximum absolute atomic E-state index is 5.78. The Balaban J connectivity index is 1.46. The monoisotopic (exact) mass is 287 g/mol. The Kier molecular flexibility index (Phi) is 3.24. The molecule has 5 heteroatoms. The van der Waals surface area contributed by atoms with Crippen molar-refractivity contribution in [3.05, 3.63) is 30.3 Å². The van der Waals surface area contributed by atoms with E-state index in [4.69, 9.17) is 4.42 Å². The van der Waals surface area contributed by atoms with Crippen molar-refractivity contribution in [2.45, 2.75) is 48.2 Å². The SMILES string of the molecule is c1ccc(-c2nnc(SC3C[C@@H]4CC[C@@H](C3)N4)o2)cc1. The lowest BCUT2D eigenvalue weighted by Crippen LogP contribution is -2.39. The Morgan fingerprint density at radius 3 is 2.55 bits per heavy atom. The highest BCUT2D eigenvalue weighted by Crippen LogP contribution is 2.37. The van der Waals surface area contributed by atoms with Gasteiger partial charge in [0.2, 0.25) is 5.89 Å². The summed E-state index contributed by atoms with van der Waals surface area (Å²) in [4.78, 5) is 0. The van der Waals surface area contributed by atoms with Gasteiger partial charge in [0.25, 0.3) is 5.22 Å². The Bertz CT molecular complexity index is 574. The maximum Gasteiger partial charge on any atom is 0.277 e. The summed E-state index contributed by atoms with van der Waals surface area (Å²) in [5.74, 6) is 0.616. The average molecular weight is 287 g/mol. The van der Waals surface area contributed by atoms with Crippen LogP contribution in [0.25, 0.3) is 11.5 Å². The molecule has 3 heterocycles. The molecule has 0 radical (unpaired) electrons. The summed E-state index contributed by atoms with van der Waals surface area (Å²) < 4.78 is 5.78. The molecule has 0 spiro atoms. The van der Waals surface area contributed by atoms with Crippen LogP contribution in [0.2, 0.25) is 0 Å². The minimum absolute atomic E-state index is 0.609. The van der Waals surface area contributed by atoms with Crippen molar-refractivity contribution in [1.29, 1.82) is 0 Å². The molecule has 2 fully saturated rings. The Hall–Kier alpha value is -1.33. The molecule has 2 atom stereocenters. The quantitative estimate of drug-likeness (QED) is 0.940. The van der Waals surface area contributed by atoms with Gasteiger partial charge in [-0.15, -0.1) is 10.2 Å². The molecule has 0 aliphatic carbocycles. The van der Waals surface area contributed by atoms with E-state index in [0.717, 1.165) is 5.56 Å². The molecule has 0 unspecified atom stereocenters. The minimum Gasteiger partial charge on any atom is -0.411 e. The molecule has 2 bridgehead atoms. The number of nitrogens with one attached hydrogen (secondary N) is 1. The predicted molar refractivity (Wildman–Crippen MR) is 78.6 cm³/mol. The third-order valence-corrected chi connectivity index (χ3v) is 5.21. The van der Waals surface area contributed by atoms with Crippen LogP contribution in [0.5, 0.6) is 0 Å². The average Bonchev–Trinajstić information content (AvgIpc) is 3.07. The summed E-state index contributed by atoms with van der Waals surface area (Å²) in [6, 6.07) is 11.3. The van der Waals surface area contributed by atoms with Gasteiger partial charge in [0.05, 0.1) is 0 Å². The van der Waals surface area contributed by atoms with E-state index in [-0.39, 0.29) is 0 Å². The Labute approximate surface area is 122 Å². The third kappa shape index (κ3) is 2.47. The highest BCUT2D eigenvalue weighted by Gasteiger charge is 2.34. The van der Waals surface area contributed by atoms with Crippen molar-refractivity contribution in [1.82, 2.24) is 15.5 Å². The van der Waals surface area contributed by atoms with Gasteiger partial charge in [-0.25, -0.2) is 0 Å². The maximum atomic E-state index is 5.78. The van der Waals surface area contributed by atoms with Crippen LogP contribution in [-0.2, 0) is 0 Å². The van der Waals surface area contributed by atoms with Crippen molar-refractivity contribution in [2.24, 2.45) is 0 Å². The lowest BCUT2D eigenvalue weighted by molar-refractivity contribution is 0.409. The van der Waals surface area contributed by atoms with Gasteiger partial charge in [0.1, 0.15) is 0 Å². The number of rotatable bonds is 3. The first-order chi connectivity index (χ1) is 9.87. The summed E-state index contributed by atoms with van der Waals surface area (Å²) in [5.41, 5.74) is 0.984. The van der Waals surface area contributed by atoms with Crippen LogP contribution < -0.4 is 5.32 Å². The van der Waals surface area contributed by atoms with Gasteiger partial charge < -0.3 is 9.73 Å². The molecule has 2 aliphatic heterocycles. The number of thioether (sulfide) groups is 1. The largest absolute Gasteiger partial charge is 0.411 e. The topological polar surface area (TPSA) is 51.0 Å². The fourth-order valence-corrected chi connectivity index (χ4v) is 4.36. The second kappa shape index (κ2) is 5.22. The highest BCUT2D eigenvalue weighted by molar-refractivity contribution is 7.99. The van der Waals surface area contributed by atoms with Gasteiger partial charge in [-0.3, -0.25) is 0 Å². The Morgan fingerprint density at radius 1 is 1.05 bits per heavy atom. The van der Waals surface area contributed by atoms with Crippen LogP contribution >= 0.6 is 11.8 Å². The highest BCUT2D eigenvalue weighted by atomic mass is 32.2. The smallest absolute Gasteiger partial charge is 0.277 e. The number of benzene rings is 1. The molecule has 2 aromatic rings. The van der Waals surface area contributed by atoms with Gasteiger partial charge in [0.15, 0.2) is 0 Å². The number of hydrogen-bond acceptors (Lipinski definition) is 5. The second-order valence-electron chi connectivity index (χ2n) is 5.59. The molecular weight excluding hydrogens is 270 g/mol. The third-order valence-electron chi connectivity index (χ3n) is 4.12. The molecule has 20 heavy (non-hydrogen) atoms. The summed E-state index contributed by atoms with van der Waals surface area (Å²) in [7, 11) is 0. The molecule has 1 aromatic heterocycles. The second-order valence-corrected chi connectivity index (χ2v) is 6.84. The van der Waals surface area contributed by atoms with Crippen LogP contribution in [0.1, 0.15) is 25.7 Å². The number of nitrogens with zero attached hydrogens (tertiary/aromatic N) is 2. The van der Waals surface area contributed by atoms with Crippen molar-refractivity contribution in [2.75, 3.05) is 0 Å². The molecule has 0 saturated carbocycles. The van der Waals surface area contributed by atoms with Gasteiger partial charge >= 0.3 is 0 Å². The van der Waals surface area contributed by atoms with E-state index in [9.17, 15) is 0 Å². The van der Waals surface area contributed by atoms with Crippen LogP contribution in [0.3, 0.4) is 0 Å². The van der Waals surface area contributed by atoms with Crippen LogP contribution in [0.4, 0.5) is 0 Å². The fourth-order valence-electron chi connectivity index (χ4n) is 3.20. The van der Waals surface area contributed by atoms with Gasteiger partial charge in [0, 0.05) is 22.9 Å². The van der Waals surface area contributed by atoms with E-state index in [1.54, 1.807) is 11.8 Å². The molecule has 4 rings (SSSR count). The fraction of sp³-hybridized carbons (Fsp3) is 0.467. The predicted octanol–water partition coefficient (Wildman–Crippen LogP) is 3.11. The van der Waals surface area contributed by atoms with Crippen molar-refractivity contribution in [3.63, 3.8) is 0 Å². The summed E-state index contributed by atoms with van der Waals surface area (Å²) in [5, 5.41) is 13.3. The molecule has 104 valence electrons. The summed E-state index contributed by atoms with van der Waals surface area (Å²) in [6.07, 6.45) is 5.07. The van der Waals surface area contributed by atoms with Crippen LogP contribution in [-0.4, -0.2) is 27.5 Å². The number of piperidine rings is 1. The van der Waals surface area contributed by atoms with E-state index in [1.165, 1.54) is 25.7 Å². The van der Waals surface area contributed by atoms with E-state index >= 15 is 0 Å². The van der Waals surface area contributed by atoms with Gasteiger partial charge in [-0.05, 0) is 37.8 Å². The zero-order valence-corrected chi connectivity index (χ0v) is 12.0. The zero-order chi connectivity index (χ0) is 13.4. The number of fused-ring (bicyclic) bond motifs is 2. The Morgan fingerprint density at radius 2 is 1.80 bits per heavy atom. The van der Waals surface area contributed by atoms with Gasteiger partial charge in [-0.2, -0.15) is 0 Å². The standard InChI is InChI=1S/C15H17N3OS/c1-2-4-10(5-3-1)14-17-18-15(19-14)20-13-8-11-6-7-12(9-13)16-11/h1-5,11-13,16H,6-9H2/t11-,12-/m0/s1. The van der Waals surface area contributed by atoms with Gasteiger partial charge in [-0.1, -0.05) is 30.0 Å². The summed E-state index contributed by atoms with van der Waals surface area (Å²) in [6.45, 7) is 0. The first-order valence-electron chi connectivity index (χ1n) is 7.18. The van der Waals surface area contributed by atoms with E-state index in [1.807, 2.05) is 30.3 Å². The first kappa shape index (κ1) is 12.4. The molecule has 1 N–H and O–H groups in total. The minimum atomic E-state index is 0.609.